The van der Waals surface area contributed by atoms with Crippen molar-refractivity contribution in [3.63, 3.8) is 0 Å². The Morgan fingerprint density at radius 2 is 1.03 bits per heavy atom. The summed E-state index contributed by atoms with van der Waals surface area (Å²) >= 11 is 0. The Morgan fingerprint density at radius 1 is 0.633 bits per heavy atom. The molecule has 0 radical (unpaired) electrons. The highest BCUT2D eigenvalue weighted by Crippen LogP contribution is 2.45. The Kier molecular flexibility index (Phi) is 5.77. The summed E-state index contributed by atoms with van der Waals surface area (Å²) in [6.45, 7) is 0. The molecule has 4 nitrogen and oxygen atoms in total. The van der Waals surface area contributed by atoms with Crippen LogP contribution in [0.15, 0.2) is 60.9 Å². The van der Waals surface area contributed by atoms with E-state index in [-0.39, 0.29) is 28.0 Å². The van der Waals surface area contributed by atoms with Gasteiger partial charge in [0.25, 0.3) is 0 Å². The largest absolute Gasteiger partial charge is 0.573 e. The summed E-state index contributed by atoms with van der Waals surface area (Å²) < 4.78 is 90.2. The number of nitrogens with zero attached hydrogens (tertiary/aromatic N) is 1. The number of para-hydroxylation sites is 2. The molecule has 0 saturated carbocycles. The van der Waals surface area contributed by atoms with Gasteiger partial charge in [0.2, 0.25) is 0 Å². The average molecular weight is 429 g/mol. The lowest BCUT2D eigenvalue weighted by Gasteiger charge is -2.18. The number of hydrogen-bond acceptors (Lipinski definition) is 4. The van der Waals surface area contributed by atoms with Crippen LogP contribution >= 0.6 is 0 Å². The monoisotopic (exact) mass is 429 g/mol. The maximum Gasteiger partial charge on any atom is 0.573 e. The van der Waals surface area contributed by atoms with Crippen molar-refractivity contribution in [1.29, 1.82) is 0 Å². The number of hydrogen-bond donors (Lipinski definition) is 0. The first kappa shape index (κ1) is 21.3. The van der Waals surface area contributed by atoms with Crippen LogP contribution in [0.3, 0.4) is 0 Å². The molecule has 2 aromatic carbocycles. The van der Waals surface area contributed by atoms with Gasteiger partial charge in [0.05, 0.1) is 7.11 Å². The van der Waals surface area contributed by atoms with E-state index in [1.54, 1.807) is 0 Å². The highest BCUT2D eigenvalue weighted by Gasteiger charge is 2.34. The number of methoxy groups -OCH3 is 1. The fourth-order valence-electron chi connectivity index (χ4n) is 2.86. The zero-order chi connectivity index (χ0) is 21.9. The molecule has 0 amide bonds. The van der Waals surface area contributed by atoms with Crippen LogP contribution in [0.2, 0.25) is 0 Å². The van der Waals surface area contributed by atoms with Crippen molar-refractivity contribution < 1.29 is 40.6 Å². The third-order valence-corrected chi connectivity index (χ3v) is 3.91. The van der Waals surface area contributed by atoms with Gasteiger partial charge in [-0.05, 0) is 12.1 Å². The van der Waals surface area contributed by atoms with E-state index in [1.165, 1.54) is 55.9 Å². The molecule has 3 aromatic rings. The maximum atomic E-state index is 12.8. The minimum Gasteiger partial charge on any atom is -0.495 e. The molecule has 0 atom stereocenters. The maximum absolute atomic E-state index is 12.8. The van der Waals surface area contributed by atoms with Crippen molar-refractivity contribution in [2.24, 2.45) is 0 Å². The van der Waals surface area contributed by atoms with E-state index in [0.717, 1.165) is 12.1 Å². The Morgan fingerprint density at radius 3 is 1.40 bits per heavy atom. The van der Waals surface area contributed by atoms with Gasteiger partial charge < -0.3 is 14.2 Å². The Hall–Kier alpha value is -3.43. The molecular weight excluding hydrogens is 416 g/mol. The molecule has 10 heteroatoms. The van der Waals surface area contributed by atoms with Gasteiger partial charge in [-0.25, -0.2) is 0 Å². The molecular formula is C20H13F6NO3. The summed E-state index contributed by atoms with van der Waals surface area (Å²) in [6.07, 6.45) is -7.43. The van der Waals surface area contributed by atoms with Crippen molar-refractivity contribution in [3.05, 3.63) is 60.9 Å². The molecule has 1 heterocycles. The van der Waals surface area contributed by atoms with Gasteiger partial charge in [0.1, 0.15) is 17.2 Å². The van der Waals surface area contributed by atoms with Gasteiger partial charge in [-0.15, -0.1) is 26.3 Å². The van der Waals surface area contributed by atoms with E-state index in [1.807, 2.05) is 0 Å². The molecule has 0 unspecified atom stereocenters. The minimum absolute atomic E-state index is 0.00134. The van der Waals surface area contributed by atoms with Crippen molar-refractivity contribution in [2.45, 2.75) is 12.7 Å². The number of pyridine rings is 1. The van der Waals surface area contributed by atoms with Crippen molar-refractivity contribution >= 4 is 0 Å². The summed E-state index contributed by atoms with van der Waals surface area (Å²) in [5.74, 6) is -1.02. The molecule has 0 aliphatic carbocycles. The van der Waals surface area contributed by atoms with Gasteiger partial charge >= 0.3 is 12.7 Å². The second-order valence-corrected chi connectivity index (χ2v) is 5.86. The average Bonchev–Trinajstić information content (AvgIpc) is 2.66. The van der Waals surface area contributed by atoms with Crippen molar-refractivity contribution in [1.82, 2.24) is 4.98 Å². The number of benzene rings is 2. The van der Waals surface area contributed by atoms with E-state index in [9.17, 15) is 26.3 Å². The van der Waals surface area contributed by atoms with Crippen molar-refractivity contribution in [2.75, 3.05) is 7.11 Å². The molecule has 158 valence electrons. The summed E-state index contributed by atoms with van der Waals surface area (Å²) in [4.78, 5) is 3.97. The van der Waals surface area contributed by atoms with Crippen LogP contribution in [0, 0.1) is 0 Å². The molecule has 0 bridgehead atoms. The molecule has 3 rings (SSSR count). The molecule has 0 saturated heterocycles. The Labute approximate surface area is 166 Å². The van der Waals surface area contributed by atoms with Crippen LogP contribution in [0.4, 0.5) is 26.3 Å². The lowest BCUT2D eigenvalue weighted by molar-refractivity contribution is -0.275. The Bertz CT molecular complexity index is 956. The zero-order valence-electron chi connectivity index (χ0n) is 15.2. The van der Waals surface area contributed by atoms with Crippen LogP contribution in [-0.2, 0) is 0 Å². The number of halogens is 6. The molecule has 0 N–H and O–H groups in total. The number of alkyl halides is 6. The van der Waals surface area contributed by atoms with Gasteiger partial charge in [0.15, 0.2) is 0 Å². The van der Waals surface area contributed by atoms with Crippen LogP contribution in [0.1, 0.15) is 0 Å². The van der Waals surface area contributed by atoms with Crippen LogP contribution in [0.5, 0.6) is 17.2 Å². The number of aromatic nitrogens is 1. The van der Waals surface area contributed by atoms with E-state index < -0.39 is 24.2 Å². The first-order valence-electron chi connectivity index (χ1n) is 8.31. The van der Waals surface area contributed by atoms with Crippen LogP contribution in [0.25, 0.3) is 22.3 Å². The third kappa shape index (κ3) is 4.94. The minimum atomic E-state index is -4.94. The van der Waals surface area contributed by atoms with Gasteiger partial charge in [-0.1, -0.05) is 36.4 Å². The first-order chi connectivity index (χ1) is 14.1. The van der Waals surface area contributed by atoms with Gasteiger partial charge in [-0.2, -0.15) is 0 Å². The normalized spacial score (nSPS) is 11.8. The summed E-state index contributed by atoms with van der Waals surface area (Å²) in [7, 11) is 1.24. The van der Waals surface area contributed by atoms with Gasteiger partial charge in [0, 0.05) is 34.6 Å². The number of rotatable bonds is 5. The molecule has 0 fully saturated rings. The smallest absolute Gasteiger partial charge is 0.495 e. The zero-order valence-corrected chi connectivity index (χ0v) is 15.2. The fraction of sp³-hybridized carbons (Fsp3) is 0.150. The molecule has 0 spiro atoms. The lowest BCUT2D eigenvalue weighted by Crippen LogP contribution is -2.18. The summed E-state index contributed by atoms with van der Waals surface area (Å²) in [6, 6.07) is 10.6. The standard InChI is InChI=1S/C20H13F6NO3/c1-28-18-14(12-6-2-4-8-16(12)29-19(21,22)23)10-27-11-15(18)13-7-3-5-9-17(13)30-20(24,25)26/h2-11H,1H3. The second kappa shape index (κ2) is 8.13. The second-order valence-electron chi connectivity index (χ2n) is 5.86. The quantitative estimate of drug-likeness (QED) is 0.452. The predicted molar refractivity (Wildman–Crippen MR) is 95.0 cm³/mol. The van der Waals surface area contributed by atoms with Gasteiger partial charge in [-0.3, -0.25) is 4.98 Å². The van der Waals surface area contributed by atoms with E-state index in [0.29, 0.717) is 0 Å². The molecule has 0 aliphatic rings. The summed E-state index contributed by atoms with van der Waals surface area (Å²) in [5.41, 5.74) is 0.179. The SMILES string of the molecule is COc1c(-c2ccccc2OC(F)(F)F)cncc1-c1ccccc1OC(F)(F)F. The third-order valence-electron chi connectivity index (χ3n) is 3.91. The number of ether oxygens (including phenoxy) is 3. The topological polar surface area (TPSA) is 40.6 Å². The van der Waals surface area contributed by atoms with Crippen molar-refractivity contribution in [3.8, 4) is 39.5 Å². The van der Waals surface area contributed by atoms with Crippen LogP contribution in [-0.4, -0.2) is 24.8 Å². The predicted octanol–water partition coefficient (Wildman–Crippen LogP) is 6.22. The van der Waals surface area contributed by atoms with E-state index in [4.69, 9.17) is 4.74 Å². The molecule has 0 aliphatic heterocycles. The highest BCUT2D eigenvalue weighted by molar-refractivity contribution is 5.85. The summed E-state index contributed by atoms with van der Waals surface area (Å²) in [5, 5.41) is 0. The molecule has 30 heavy (non-hydrogen) atoms. The first-order valence-corrected chi connectivity index (χ1v) is 8.31. The Balaban J connectivity index is 2.18. The lowest BCUT2D eigenvalue weighted by atomic mass is 9.99. The fourth-order valence-corrected chi connectivity index (χ4v) is 2.86. The van der Waals surface area contributed by atoms with E-state index >= 15 is 0 Å². The highest BCUT2D eigenvalue weighted by atomic mass is 19.4. The van der Waals surface area contributed by atoms with Crippen LogP contribution < -0.4 is 14.2 Å². The van der Waals surface area contributed by atoms with E-state index in [2.05, 4.69) is 14.5 Å². The molecule has 1 aromatic heterocycles.